The van der Waals surface area contributed by atoms with Crippen molar-refractivity contribution in [1.29, 1.82) is 0 Å². The van der Waals surface area contributed by atoms with Gasteiger partial charge in [-0.25, -0.2) is 0 Å². The molecule has 1 amide bonds. The summed E-state index contributed by atoms with van der Waals surface area (Å²) in [6.07, 6.45) is 0. The summed E-state index contributed by atoms with van der Waals surface area (Å²) < 4.78 is 5.14. The lowest BCUT2D eigenvalue weighted by molar-refractivity contribution is 0.0940. The minimum absolute atomic E-state index is 0.0561. The van der Waals surface area contributed by atoms with E-state index in [1.165, 1.54) is 0 Å². The van der Waals surface area contributed by atoms with Crippen molar-refractivity contribution in [3.8, 4) is 5.75 Å². The molecule has 0 aliphatic heterocycles. The van der Waals surface area contributed by atoms with Crippen LogP contribution in [-0.4, -0.2) is 24.9 Å². The maximum Gasteiger partial charge on any atom is 0.255 e. The van der Waals surface area contributed by atoms with E-state index >= 15 is 0 Å². The van der Waals surface area contributed by atoms with Crippen molar-refractivity contribution in [3.05, 3.63) is 29.3 Å². The van der Waals surface area contributed by atoms with Crippen molar-refractivity contribution in [3.63, 3.8) is 0 Å². The van der Waals surface area contributed by atoms with Crippen molar-refractivity contribution in [2.75, 3.05) is 13.0 Å². The molecule has 16 heavy (non-hydrogen) atoms. The van der Waals surface area contributed by atoms with E-state index in [-0.39, 0.29) is 11.9 Å². The van der Waals surface area contributed by atoms with Crippen molar-refractivity contribution in [2.24, 2.45) is 0 Å². The fraction of sp³-hybridized carbons (Fsp3) is 0.417. The van der Waals surface area contributed by atoms with Crippen LogP contribution in [0.1, 0.15) is 22.8 Å². The number of rotatable bonds is 4. The minimum Gasteiger partial charge on any atom is -0.496 e. The molecule has 0 fully saturated rings. The van der Waals surface area contributed by atoms with Gasteiger partial charge in [0, 0.05) is 11.9 Å². The molecule has 0 aliphatic carbocycles. The highest BCUT2D eigenvalue weighted by molar-refractivity contribution is 6.18. The Bertz CT molecular complexity index is 379. The number of amides is 1. The Hall–Kier alpha value is -1.22. The number of alkyl halides is 1. The van der Waals surface area contributed by atoms with Crippen LogP contribution in [-0.2, 0) is 0 Å². The predicted molar refractivity (Wildman–Crippen MR) is 65.4 cm³/mol. The maximum atomic E-state index is 11.9. The Morgan fingerprint density at radius 3 is 2.81 bits per heavy atom. The Kier molecular flexibility index (Phi) is 4.62. The molecule has 0 aliphatic rings. The van der Waals surface area contributed by atoms with Crippen LogP contribution >= 0.6 is 11.6 Å². The molecule has 3 nitrogen and oxygen atoms in total. The summed E-state index contributed by atoms with van der Waals surface area (Å²) >= 11 is 5.64. The molecule has 1 unspecified atom stereocenters. The first-order valence-electron chi connectivity index (χ1n) is 5.10. The Balaban J connectivity index is 2.93. The number of carbonyl (C=O) groups excluding carboxylic acids is 1. The van der Waals surface area contributed by atoms with Gasteiger partial charge in [0.1, 0.15) is 5.75 Å². The van der Waals surface area contributed by atoms with E-state index in [2.05, 4.69) is 5.32 Å². The standard InChI is InChI=1S/C12H16ClNO2/c1-8-4-5-11(16-3)10(6-8)12(15)14-9(2)7-13/h4-6,9H,7H2,1-3H3,(H,14,15). The molecule has 1 atom stereocenters. The first-order chi connectivity index (χ1) is 7.58. The molecule has 0 bridgehead atoms. The van der Waals surface area contributed by atoms with Gasteiger partial charge in [0.05, 0.1) is 12.7 Å². The fourth-order valence-corrected chi connectivity index (χ4v) is 1.42. The molecule has 4 heteroatoms. The lowest BCUT2D eigenvalue weighted by Gasteiger charge is -2.13. The topological polar surface area (TPSA) is 38.3 Å². The fourth-order valence-electron chi connectivity index (χ4n) is 1.34. The molecule has 1 rings (SSSR count). The van der Waals surface area contributed by atoms with Crippen molar-refractivity contribution in [1.82, 2.24) is 5.32 Å². The number of benzene rings is 1. The van der Waals surface area contributed by atoms with Gasteiger partial charge in [0.25, 0.3) is 5.91 Å². The number of ether oxygens (including phenoxy) is 1. The van der Waals surface area contributed by atoms with Gasteiger partial charge < -0.3 is 10.1 Å². The molecule has 0 aromatic heterocycles. The molecule has 0 heterocycles. The van der Waals surface area contributed by atoms with E-state index in [1.807, 2.05) is 19.9 Å². The molecule has 0 radical (unpaired) electrons. The van der Waals surface area contributed by atoms with Gasteiger partial charge in [-0.15, -0.1) is 11.6 Å². The highest BCUT2D eigenvalue weighted by Gasteiger charge is 2.14. The van der Waals surface area contributed by atoms with Crippen LogP contribution in [0.3, 0.4) is 0 Å². The molecule has 1 N–H and O–H groups in total. The monoisotopic (exact) mass is 241 g/mol. The zero-order valence-corrected chi connectivity index (χ0v) is 10.5. The van der Waals surface area contributed by atoms with E-state index < -0.39 is 0 Å². The van der Waals surface area contributed by atoms with Gasteiger partial charge in [-0.05, 0) is 26.0 Å². The summed E-state index contributed by atoms with van der Waals surface area (Å²) in [6.45, 7) is 3.79. The van der Waals surface area contributed by atoms with E-state index in [9.17, 15) is 4.79 Å². The number of methoxy groups -OCH3 is 1. The minimum atomic E-state index is -0.159. The van der Waals surface area contributed by atoms with Gasteiger partial charge in [-0.1, -0.05) is 11.6 Å². The summed E-state index contributed by atoms with van der Waals surface area (Å²) in [5, 5.41) is 2.80. The number of halogens is 1. The summed E-state index contributed by atoms with van der Waals surface area (Å²) in [6, 6.07) is 5.44. The van der Waals surface area contributed by atoms with E-state index in [4.69, 9.17) is 16.3 Å². The SMILES string of the molecule is COc1ccc(C)cc1C(=O)NC(C)CCl. The molecule has 0 saturated heterocycles. The molecule has 1 aromatic carbocycles. The third-order valence-corrected chi connectivity index (χ3v) is 2.67. The van der Waals surface area contributed by atoms with Crippen LogP contribution in [0.4, 0.5) is 0 Å². The van der Waals surface area contributed by atoms with Gasteiger partial charge in [0.2, 0.25) is 0 Å². The van der Waals surface area contributed by atoms with Crippen LogP contribution < -0.4 is 10.1 Å². The second-order valence-electron chi connectivity index (χ2n) is 3.73. The Labute approximate surface area is 101 Å². The molecule has 88 valence electrons. The summed E-state index contributed by atoms with van der Waals surface area (Å²) in [4.78, 5) is 11.9. The highest BCUT2D eigenvalue weighted by Crippen LogP contribution is 2.19. The van der Waals surface area contributed by atoms with E-state index in [1.54, 1.807) is 19.2 Å². The first-order valence-corrected chi connectivity index (χ1v) is 5.63. The third-order valence-electron chi connectivity index (χ3n) is 2.21. The molecular weight excluding hydrogens is 226 g/mol. The first kappa shape index (κ1) is 12.8. The Morgan fingerprint density at radius 1 is 1.56 bits per heavy atom. The average Bonchev–Trinajstić information content (AvgIpc) is 2.28. The number of hydrogen-bond acceptors (Lipinski definition) is 2. The number of aryl methyl sites for hydroxylation is 1. The number of nitrogens with one attached hydrogen (secondary N) is 1. The van der Waals surface area contributed by atoms with Crippen LogP contribution in [0.15, 0.2) is 18.2 Å². The van der Waals surface area contributed by atoms with Gasteiger partial charge in [-0.3, -0.25) is 4.79 Å². The molecule has 0 saturated carbocycles. The predicted octanol–water partition coefficient (Wildman–Crippen LogP) is 2.36. The van der Waals surface area contributed by atoms with Crippen LogP contribution in [0, 0.1) is 6.92 Å². The van der Waals surface area contributed by atoms with Crippen LogP contribution in [0.5, 0.6) is 5.75 Å². The van der Waals surface area contributed by atoms with E-state index in [0.29, 0.717) is 17.2 Å². The van der Waals surface area contributed by atoms with Crippen molar-refractivity contribution < 1.29 is 9.53 Å². The summed E-state index contributed by atoms with van der Waals surface area (Å²) in [5.41, 5.74) is 1.56. The highest BCUT2D eigenvalue weighted by atomic mass is 35.5. The zero-order valence-electron chi connectivity index (χ0n) is 9.71. The number of carbonyl (C=O) groups is 1. The van der Waals surface area contributed by atoms with E-state index in [0.717, 1.165) is 5.56 Å². The third kappa shape index (κ3) is 3.14. The Morgan fingerprint density at radius 2 is 2.25 bits per heavy atom. The second kappa shape index (κ2) is 5.75. The van der Waals surface area contributed by atoms with Crippen LogP contribution in [0.25, 0.3) is 0 Å². The lowest BCUT2D eigenvalue weighted by Crippen LogP contribution is -2.33. The normalized spacial score (nSPS) is 12.0. The average molecular weight is 242 g/mol. The molecular formula is C12H16ClNO2. The number of hydrogen-bond donors (Lipinski definition) is 1. The summed E-state index contributed by atoms with van der Waals surface area (Å²) in [7, 11) is 1.55. The van der Waals surface area contributed by atoms with Crippen LogP contribution in [0.2, 0.25) is 0 Å². The van der Waals surface area contributed by atoms with Crippen molar-refractivity contribution >= 4 is 17.5 Å². The van der Waals surface area contributed by atoms with Gasteiger partial charge in [0.15, 0.2) is 0 Å². The second-order valence-corrected chi connectivity index (χ2v) is 4.04. The van der Waals surface area contributed by atoms with Gasteiger partial charge in [-0.2, -0.15) is 0 Å². The summed E-state index contributed by atoms with van der Waals surface area (Å²) in [5.74, 6) is 0.804. The van der Waals surface area contributed by atoms with Crippen molar-refractivity contribution in [2.45, 2.75) is 19.9 Å². The lowest BCUT2D eigenvalue weighted by atomic mass is 10.1. The smallest absolute Gasteiger partial charge is 0.255 e. The maximum absolute atomic E-state index is 11.9. The quantitative estimate of drug-likeness (QED) is 0.822. The molecule has 1 aromatic rings. The van der Waals surface area contributed by atoms with Gasteiger partial charge >= 0.3 is 0 Å². The zero-order chi connectivity index (χ0) is 12.1. The largest absolute Gasteiger partial charge is 0.496 e. The molecule has 0 spiro atoms.